The lowest BCUT2D eigenvalue weighted by molar-refractivity contribution is 0.878. The van der Waals surface area contributed by atoms with Crippen molar-refractivity contribution in [3.63, 3.8) is 0 Å². The molecule has 1 aromatic heterocycles. The number of hydrogen-bond acceptors (Lipinski definition) is 1. The second-order valence-corrected chi connectivity index (χ2v) is 5.21. The molecule has 0 amide bonds. The number of pyridine rings is 1. The van der Waals surface area contributed by atoms with Crippen LogP contribution in [-0.4, -0.2) is 4.57 Å². The number of aryl methyl sites for hydroxylation is 2. The molecule has 20 heavy (non-hydrogen) atoms. The summed E-state index contributed by atoms with van der Waals surface area (Å²) in [6.45, 7) is 2.04. The van der Waals surface area contributed by atoms with Crippen LogP contribution in [0.1, 0.15) is 16.7 Å². The molecule has 0 N–H and O–H groups in total. The summed E-state index contributed by atoms with van der Waals surface area (Å²) in [6.07, 6.45) is 0.678. The molecule has 100 valence electrons. The summed E-state index contributed by atoms with van der Waals surface area (Å²) in [5.74, 6) is 0. The van der Waals surface area contributed by atoms with E-state index in [4.69, 9.17) is 0 Å². The molecule has 1 heterocycles. The Hall–Kier alpha value is -2.35. The third-order valence-corrected chi connectivity index (χ3v) is 3.75. The van der Waals surface area contributed by atoms with E-state index in [0.717, 1.165) is 27.6 Å². The van der Waals surface area contributed by atoms with Gasteiger partial charge in [0.1, 0.15) is 0 Å². The smallest absolute Gasteiger partial charge is 0.254 e. The highest BCUT2D eigenvalue weighted by Crippen LogP contribution is 2.18. The fraction of sp³-hybridized carbons (Fsp3) is 0.167. The Morgan fingerprint density at radius 1 is 1.00 bits per heavy atom. The first-order valence-corrected chi connectivity index (χ1v) is 6.79. The van der Waals surface area contributed by atoms with E-state index in [1.807, 2.05) is 50.4 Å². The number of fused-ring (bicyclic) bond motifs is 1. The molecule has 0 bridgehead atoms. The van der Waals surface area contributed by atoms with Crippen molar-refractivity contribution < 1.29 is 0 Å². The zero-order chi connectivity index (χ0) is 14.1. The SMILES string of the molecule is Cc1cccc2cc(Cc3ccccc3)c(=O)n(C)c12. The first kappa shape index (κ1) is 12.7. The van der Waals surface area contributed by atoms with Crippen molar-refractivity contribution in [3.05, 3.63) is 81.6 Å². The third-order valence-electron chi connectivity index (χ3n) is 3.75. The summed E-state index contributed by atoms with van der Waals surface area (Å²) in [4.78, 5) is 12.5. The van der Waals surface area contributed by atoms with Gasteiger partial charge in [-0.05, 0) is 29.5 Å². The van der Waals surface area contributed by atoms with Gasteiger partial charge in [-0.15, -0.1) is 0 Å². The highest BCUT2D eigenvalue weighted by atomic mass is 16.1. The standard InChI is InChI=1S/C18H17NO/c1-13-7-6-10-15-12-16(18(20)19(2)17(13)15)11-14-8-4-3-5-9-14/h3-10,12H,11H2,1-2H3. The van der Waals surface area contributed by atoms with E-state index in [1.54, 1.807) is 4.57 Å². The van der Waals surface area contributed by atoms with E-state index in [2.05, 4.69) is 18.2 Å². The van der Waals surface area contributed by atoms with Gasteiger partial charge in [0.2, 0.25) is 0 Å². The first-order valence-electron chi connectivity index (χ1n) is 6.79. The van der Waals surface area contributed by atoms with Gasteiger partial charge in [-0.2, -0.15) is 0 Å². The van der Waals surface area contributed by atoms with Crippen molar-refractivity contribution in [2.75, 3.05) is 0 Å². The third kappa shape index (κ3) is 2.14. The van der Waals surface area contributed by atoms with Crippen molar-refractivity contribution in [1.82, 2.24) is 4.57 Å². The molecule has 0 atom stereocenters. The van der Waals surface area contributed by atoms with Gasteiger partial charge in [-0.25, -0.2) is 0 Å². The van der Waals surface area contributed by atoms with Crippen molar-refractivity contribution >= 4 is 10.9 Å². The molecule has 0 saturated heterocycles. The maximum Gasteiger partial charge on any atom is 0.254 e. The van der Waals surface area contributed by atoms with Crippen LogP contribution in [0.4, 0.5) is 0 Å². The minimum Gasteiger partial charge on any atom is -0.311 e. The van der Waals surface area contributed by atoms with Crippen molar-refractivity contribution in [2.45, 2.75) is 13.3 Å². The minimum absolute atomic E-state index is 0.0932. The van der Waals surface area contributed by atoms with Crippen LogP contribution < -0.4 is 5.56 Å². The van der Waals surface area contributed by atoms with Gasteiger partial charge >= 0.3 is 0 Å². The van der Waals surface area contributed by atoms with Crippen LogP contribution in [0, 0.1) is 6.92 Å². The molecule has 3 aromatic rings. The molecule has 0 aliphatic heterocycles. The lowest BCUT2D eigenvalue weighted by atomic mass is 10.0. The second kappa shape index (κ2) is 4.97. The summed E-state index contributed by atoms with van der Waals surface area (Å²) >= 11 is 0. The Morgan fingerprint density at radius 3 is 2.50 bits per heavy atom. The molecular weight excluding hydrogens is 246 g/mol. The first-order chi connectivity index (χ1) is 9.66. The summed E-state index contributed by atoms with van der Waals surface area (Å²) in [5.41, 5.74) is 4.26. The minimum atomic E-state index is 0.0932. The molecule has 2 aromatic carbocycles. The summed E-state index contributed by atoms with van der Waals surface area (Å²) < 4.78 is 1.77. The van der Waals surface area contributed by atoms with Crippen LogP contribution in [-0.2, 0) is 13.5 Å². The number of aromatic nitrogens is 1. The quantitative estimate of drug-likeness (QED) is 0.694. The Bertz CT molecular complexity index is 816. The Kier molecular flexibility index (Phi) is 3.15. The van der Waals surface area contributed by atoms with E-state index in [-0.39, 0.29) is 5.56 Å². The summed E-state index contributed by atoms with van der Waals surface area (Å²) in [6, 6.07) is 18.3. The van der Waals surface area contributed by atoms with Gasteiger partial charge in [0.05, 0.1) is 5.52 Å². The Labute approximate surface area is 118 Å². The zero-order valence-corrected chi connectivity index (χ0v) is 11.8. The molecule has 0 radical (unpaired) electrons. The Morgan fingerprint density at radius 2 is 1.75 bits per heavy atom. The van der Waals surface area contributed by atoms with Gasteiger partial charge in [0.15, 0.2) is 0 Å². The van der Waals surface area contributed by atoms with Gasteiger partial charge in [0.25, 0.3) is 5.56 Å². The molecule has 0 aliphatic carbocycles. The predicted octanol–water partition coefficient (Wildman–Crippen LogP) is 3.44. The molecule has 0 aliphatic rings. The maximum atomic E-state index is 12.5. The van der Waals surface area contributed by atoms with E-state index in [9.17, 15) is 4.79 Å². The zero-order valence-electron chi connectivity index (χ0n) is 11.8. The van der Waals surface area contributed by atoms with E-state index in [1.165, 1.54) is 0 Å². The molecule has 2 nitrogen and oxygen atoms in total. The number of nitrogens with zero attached hydrogens (tertiary/aromatic N) is 1. The molecule has 0 saturated carbocycles. The van der Waals surface area contributed by atoms with Crippen LogP contribution in [0.2, 0.25) is 0 Å². The normalized spacial score (nSPS) is 10.9. The molecule has 0 spiro atoms. The fourth-order valence-corrected chi connectivity index (χ4v) is 2.77. The fourth-order valence-electron chi connectivity index (χ4n) is 2.77. The van der Waals surface area contributed by atoms with Crippen LogP contribution >= 0.6 is 0 Å². The molecule has 0 fully saturated rings. The number of rotatable bonds is 2. The van der Waals surface area contributed by atoms with Crippen LogP contribution in [0.5, 0.6) is 0 Å². The lowest BCUT2D eigenvalue weighted by Gasteiger charge is -2.11. The van der Waals surface area contributed by atoms with E-state index < -0.39 is 0 Å². The van der Waals surface area contributed by atoms with Crippen LogP contribution in [0.3, 0.4) is 0 Å². The lowest BCUT2D eigenvalue weighted by Crippen LogP contribution is -2.22. The number of benzene rings is 2. The maximum absolute atomic E-state index is 12.5. The van der Waals surface area contributed by atoms with Crippen molar-refractivity contribution in [3.8, 4) is 0 Å². The van der Waals surface area contributed by atoms with Crippen LogP contribution in [0.25, 0.3) is 10.9 Å². The van der Waals surface area contributed by atoms with Gasteiger partial charge < -0.3 is 4.57 Å². The van der Waals surface area contributed by atoms with Gasteiger partial charge in [0, 0.05) is 19.0 Å². The molecule has 3 rings (SSSR count). The second-order valence-electron chi connectivity index (χ2n) is 5.21. The average molecular weight is 263 g/mol. The van der Waals surface area contributed by atoms with Crippen molar-refractivity contribution in [1.29, 1.82) is 0 Å². The van der Waals surface area contributed by atoms with E-state index in [0.29, 0.717) is 6.42 Å². The largest absolute Gasteiger partial charge is 0.311 e. The molecule has 2 heteroatoms. The van der Waals surface area contributed by atoms with Crippen LogP contribution in [0.15, 0.2) is 59.4 Å². The number of para-hydroxylation sites is 1. The van der Waals surface area contributed by atoms with E-state index >= 15 is 0 Å². The highest BCUT2D eigenvalue weighted by molar-refractivity contribution is 5.82. The average Bonchev–Trinajstić information content (AvgIpc) is 2.45. The molecule has 0 unspecified atom stereocenters. The summed E-state index contributed by atoms with van der Waals surface area (Å²) in [7, 11) is 1.85. The monoisotopic (exact) mass is 263 g/mol. The van der Waals surface area contributed by atoms with Gasteiger partial charge in [-0.1, -0.05) is 48.5 Å². The van der Waals surface area contributed by atoms with Gasteiger partial charge in [-0.3, -0.25) is 4.79 Å². The number of hydrogen-bond donors (Lipinski definition) is 0. The molecular formula is C18H17NO. The predicted molar refractivity (Wildman–Crippen MR) is 83.2 cm³/mol. The Balaban J connectivity index is 2.18. The summed E-state index contributed by atoms with van der Waals surface area (Å²) in [5, 5.41) is 1.12. The van der Waals surface area contributed by atoms with Crippen molar-refractivity contribution in [2.24, 2.45) is 7.05 Å². The highest BCUT2D eigenvalue weighted by Gasteiger charge is 2.08. The topological polar surface area (TPSA) is 22.0 Å².